The molecule has 0 aromatic heterocycles. The number of amides is 3. The van der Waals surface area contributed by atoms with E-state index in [0.29, 0.717) is 23.7 Å². The molecule has 0 unspecified atom stereocenters. The zero-order valence-electron chi connectivity index (χ0n) is 13.6. The van der Waals surface area contributed by atoms with E-state index in [4.69, 9.17) is 0 Å². The minimum atomic E-state index is -0.282. The average molecular weight is 352 g/mol. The fourth-order valence-electron chi connectivity index (χ4n) is 3.25. The number of piperidine rings is 1. The summed E-state index contributed by atoms with van der Waals surface area (Å²) in [5, 5.41) is 6.17. The average Bonchev–Trinajstić information content (AvgIpc) is 2.80. The van der Waals surface area contributed by atoms with Crippen LogP contribution >= 0.6 is 12.4 Å². The van der Waals surface area contributed by atoms with Crippen LogP contribution in [0, 0.1) is 5.92 Å². The quantitative estimate of drug-likeness (QED) is 0.799. The van der Waals surface area contributed by atoms with Crippen LogP contribution < -0.4 is 10.6 Å². The smallest absolute Gasteiger partial charge is 0.261 e. The lowest BCUT2D eigenvalue weighted by atomic mass is 9.92. The highest BCUT2D eigenvalue weighted by atomic mass is 35.5. The zero-order valence-corrected chi connectivity index (χ0v) is 14.4. The standard InChI is InChI=1S/C17H21N3O3.ClH/c1-11-10-12(6-7-18-11)15(21)19-8-9-20-16(22)13-4-2-3-5-14(13)17(20)23;/h2-5,11-12,18H,6-10H2,1H3,(H,19,21);1H/t11-,12-;/m0./s1. The number of carbonyl (C=O) groups is 3. The molecule has 0 bridgehead atoms. The molecule has 3 amide bonds. The summed E-state index contributed by atoms with van der Waals surface area (Å²) in [6.45, 7) is 3.41. The van der Waals surface area contributed by atoms with Crippen LogP contribution in [0.2, 0.25) is 0 Å². The van der Waals surface area contributed by atoms with Gasteiger partial charge in [0.15, 0.2) is 0 Å². The van der Waals surface area contributed by atoms with E-state index in [-0.39, 0.29) is 42.6 Å². The van der Waals surface area contributed by atoms with Gasteiger partial charge in [0.05, 0.1) is 11.1 Å². The SMILES string of the molecule is C[C@H]1C[C@@H](C(=O)NCCN2C(=O)c3ccccc3C2=O)CCN1.Cl. The van der Waals surface area contributed by atoms with Crippen molar-refractivity contribution in [3.05, 3.63) is 35.4 Å². The Bertz CT molecular complexity index is 615. The number of hydrogen-bond acceptors (Lipinski definition) is 4. The lowest BCUT2D eigenvalue weighted by Gasteiger charge is -2.27. The minimum Gasteiger partial charge on any atom is -0.354 e. The second-order valence-electron chi connectivity index (χ2n) is 6.18. The monoisotopic (exact) mass is 351 g/mol. The largest absolute Gasteiger partial charge is 0.354 e. The summed E-state index contributed by atoms with van der Waals surface area (Å²) in [4.78, 5) is 37.8. The van der Waals surface area contributed by atoms with Crippen LogP contribution in [0.5, 0.6) is 0 Å². The van der Waals surface area contributed by atoms with Gasteiger partial charge in [-0.05, 0) is 38.4 Å². The molecule has 0 radical (unpaired) electrons. The number of benzene rings is 1. The fourth-order valence-corrected chi connectivity index (χ4v) is 3.25. The molecular formula is C17H22ClN3O3. The Morgan fingerprint density at radius 1 is 1.25 bits per heavy atom. The van der Waals surface area contributed by atoms with E-state index in [1.165, 1.54) is 4.90 Å². The molecule has 1 aromatic carbocycles. The highest BCUT2D eigenvalue weighted by Gasteiger charge is 2.34. The van der Waals surface area contributed by atoms with E-state index < -0.39 is 0 Å². The van der Waals surface area contributed by atoms with E-state index in [2.05, 4.69) is 17.6 Å². The number of hydrogen-bond donors (Lipinski definition) is 2. The molecule has 2 aliphatic rings. The van der Waals surface area contributed by atoms with Gasteiger partial charge in [-0.1, -0.05) is 12.1 Å². The molecule has 2 aliphatic heterocycles. The third-order valence-electron chi connectivity index (χ3n) is 4.51. The molecule has 130 valence electrons. The van der Waals surface area contributed by atoms with Crippen molar-refractivity contribution in [2.75, 3.05) is 19.6 Å². The van der Waals surface area contributed by atoms with Crippen LogP contribution in [0.25, 0.3) is 0 Å². The maximum atomic E-state index is 12.2. The predicted octanol–water partition coefficient (Wildman–Crippen LogP) is 1.21. The van der Waals surface area contributed by atoms with E-state index >= 15 is 0 Å². The van der Waals surface area contributed by atoms with Crippen LogP contribution in [-0.2, 0) is 4.79 Å². The van der Waals surface area contributed by atoms with E-state index in [0.717, 1.165) is 19.4 Å². The molecule has 1 aromatic rings. The highest BCUT2D eigenvalue weighted by molar-refractivity contribution is 6.21. The number of nitrogens with zero attached hydrogens (tertiary/aromatic N) is 1. The van der Waals surface area contributed by atoms with Gasteiger partial charge in [-0.3, -0.25) is 19.3 Å². The van der Waals surface area contributed by atoms with Gasteiger partial charge in [-0.15, -0.1) is 12.4 Å². The lowest BCUT2D eigenvalue weighted by molar-refractivity contribution is -0.126. The van der Waals surface area contributed by atoms with E-state index in [1.807, 2.05) is 0 Å². The summed E-state index contributed by atoms with van der Waals surface area (Å²) >= 11 is 0. The first kappa shape index (κ1) is 18.4. The van der Waals surface area contributed by atoms with Crippen molar-refractivity contribution < 1.29 is 14.4 Å². The molecule has 1 fully saturated rings. The van der Waals surface area contributed by atoms with Gasteiger partial charge in [0.25, 0.3) is 11.8 Å². The van der Waals surface area contributed by atoms with Gasteiger partial charge < -0.3 is 10.6 Å². The van der Waals surface area contributed by atoms with E-state index in [9.17, 15) is 14.4 Å². The fraction of sp³-hybridized carbons (Fsp3) is 0.471. The molecule has 0 spiro atoms. The molecule has 1 saturated heterocycles. The summed E-state index contributed by atoms with van der Waals surface area (Å²) in [5.74, 6) is -0.547. The molecule has 2 N–H and O–H groups in total. The normalized spacial score (nSPS) is 22.8. The summed E-state index contributed by atoms with van der Waals surface area (Å²) in [6, 6.07) is 7.15. The van der Waals surface area contributed by atoms with Crippen molar-refractivity contribution >= 4 is 30.1 Å². The van der Waals surface area contributed by atoms with Crippen molar-refractivity contribution in [3.63, 3.8) is 0 Å². The first-order chi connectivity index (χ1) is 11.1. The van der Waals surface area contributed by atoms with Gasteiger partial charge in [0.2, 0.25) is 5.91 Å². The maximum Gasteiger partial charge on any atom is 0.261 e. The second-order valence-corrected chi connectivity index (χ2v) is 6.18. The first-order valence-electron chi connectivity index (χ1n) is 8.04. The van der Waals surface area contributed by atoms with Gasteiger partial charge in [-0.25, -0.2) is 0 Å². The van der Waals surface area contributed by atoms with Crippen molar-refractivity contribution in [2.24, 2.45) is 5.92 Å². The van der Waals surface area contributed by atoms with E-state index in [1.54, 1.807) is 24.3 Å². The lowest BCUT2D eigenvalue weighted by Crippen LogP contribution is -2.44. The molecule has 2 heterocycles. The molecular weight excluding hydrogens is 330 g/mol. The molecule has 7 heteroatoms. The van der Waals surface area contributed by atoms with Gasteiger partial charge in [0.1, 0.15) is 0 Å². The van der Waals surface area contributed by atoms with Crippen LogP contribution in [0.3, 0.4) is 0 Å². The number of fused-ring (bicyclic) bond motifs is 1. The molecule has 24 heavy (non-hydrogen) atoms. The summed E-state index contributed by atoms with van der Waals surface area (Å²) < 4.78 is 0. The first-order valence-corrected chi connectivity index (χ1v) is 8.04. The molecule has 2 atom stereocenters. The highest BCUT2D eigenvalue weighted by Crippen LogP contribution is 2.22. The summed E-state index contributed by atoms with van der Waals surface area (Å²) in [6.07, 6.45) is 1.64. The van der Waals surface area contributed by atoms with Crippen LogP contribution in [0.15, 0.2) is 24.3 Å². The Morgan fingerprint density at radius 2 is 1.88 bits per heavy atom. The number of halogens is 1. The van der Waals surface area contributed by atoms with Crippen molar-refractivity contribution in [1.29, 1.82) is 0 Å². The Morgan fingerprint density at radius 3 is 2.46 bits per heavy atom. The topological polar surface area (TPSA) is 78.5 Å². The summed E-state index contributed by atoms with van der Waals surface area (Å²) in [5.41, 5.74) is 0.881. The zero-order chi connectivity index (χ0) is 16.4. The van der Waals surface area contributed by atoms with Gasteiger partial charge in [0, 0.05) is 25.0 Å². The Balaban J connectivity index is 0.00000208. The number of imide groups is 1. The summed E-state index contributed by atoms with van der Waals surface area (Å²) in [7, 11) is 0. The third kappa shape index (κ3) is 3.60. The maximum absolute atomic E-state index is 12.2. The van der Waals surface area contributed by atoms with Crippen LogP contribution in [0.1, 0.15) is 40.5 Å². The van der Waals surface area contributed by atoms with Gasteiger partial charge >= 0.3 is 0 Å². The van der Waals surface area contributed by atoms with Crippen LogP contribution in [-0.4, -0.2) is 48.3 Å². The molecule has 0 saturated carbocycles. The molecule has 0 aliphatic carbocycles. The molecule has 3 rings (SSSR count). The number of carbonyl (C=O) groups excluding carboxylic acids is 3. The number of nitrogens with one attached hydrogen (secondary N) is 2. The van der Waals surface area contributed by atoms with Crippen molar-refractivity contribution in [1.82, 2.24) is 15.5 Å². The number of rotatable bonds is 4. The van der Waals surface area contributed by atoms with Crippen molar-refractivity contribution in [3.8, 4) is 0 Å². The minimum absolute atomic E-state index is 0. The van der Waals surface area contributed by atoms with Crippen LogP contribution in [0.4, 0.5) is 0 Å². The molecule has 6 nitrogen and oxygen atoms in total. The van der Waals surface area contributed by atoms with Gasteiger partial charge in [-0.2, -0.15) is 0 Å². The Kier molecular flexibility index (Phi) is 5.96. The Hall–Kier alpha value is -1.92. The van der Waals surface area contributed by atoms with Crippen molar-refractivity contribution in [2.45, 2.75) is 25.8 Å². The second kappa shape index (κ2) is 7.77. The Labute approximate surface area is 147 Å². The predicted molar refractivity (Wildman–Crippen MR) is 92.3 cm³/mol. The third-order valence-corrected chi connectivity index (χ3v) is 4.51.